The quantitative estimate of drug-likeness (QED) is 0.414. The molecule has 0 saturated carbocycles. The second-order valence-corrected chi connectivity index (χ2v) is 0. The zero-order valence-corrected chi connectivity index (χ0v) is 12.6. The standard InChI is InChI=1S/La.Sr.Ti.Y.Zr.2H. The Morgan fingerprint density at radius 3 is 1.00 bits per heavy atom. The van der Waals surface area contributed by atoms with Crippen LogP contribution in [-0.2, 0) is 80.6 Å². The molecule has 0 bridgehead atoms. The van der Waals surface area contributed by atoms with Crippen LogP contribution in [-0.4, -0.2) is 45.5 Å². The van der Waals surface area contributed by atoms with E-state index in [9.17, 15) is 0 Å². The van der Waals surface area contributed by atoms with Gasteiger partial charge in [0.2, 0.25) is 0 Å². The largest absolute Gasteiger partial charge is 0 e. The summed E-state index contributed by atoms with van der Waals surface area (Å²) in [6.45, 7) is 0. The summed E-state index contributed by atoms with van der Waals surface area (Å²) in [5, 5.41) is 0. The molecule has 0 nitrogen and oxygen atoms in total. The average Bonchev–Trinajstić information content (AvgIpc) is 0. The molecule has 0 amide bonds. The summed E-state index contributed by atoms with van der Waals surface area (Å²) in [4.78, 5) is 0. The molecule has 2 radical (unpaired) electrons. The maximum Gasteiger partial charge on any atom is 0 e. The normalized spacial score (nSPS) is 0. The van der Waals surface area contributed by atoms with Gasteiger partial charge in [-0.1, -0.05) is 0 Å². The van der Waals surface area contributed by atoms with Crippen LogP contribution in [0.1, 0.15) is 0 Å². The van der Waals surface area contributed by atoms with Crippen molar-refractivity contribution in [2.75, 3.05) is 0 Å². The molecule has 0 aromatic heterocycles. The summed E-state index contributed by atoms with van der Waals surface area (Å²) in [5.41, 5.74) is 0. The minimum Gasteiger partial charge on any atom is 0 e. The molecular weight excluding hydrogens is 455 g/mol. The third kappa shape index (κ3) is 17.6. The van der Waals surface area contributed by atoms with Gasteiger partial charge in [0, 0.05) is 116 Å². The van der Waals surface area contributed by atoms with Crippen LogP contribution in [0.15, 0.2) is 0 Å². The molecule has 0 rings (SSSR count). The van der Waals surface area contributed by atoms with Crippen LogP contribution in [0.5, 0.6) is 0 Å². The van der Waals surface area contributed by atoms with Gasteiger partial charge < -0.3 is 0 Å². The molecule has 0 saturated heterocycles. The van der Waals surface area contributed by atoms with E-state index in [0.717, 1.165) is 0 Å². The van der Waals surface area contributed by atoms with E-state index in [1.165, 1.54) is 0 Å². The smallest absolute Gasteiger partial charge is 0 e. The molecule has 5 heteroatoms. The predicted molar refractivity (Wildman–Crippen MR) is 8.54 cm³/mol. The molecule has 0 aromatic carbocycles. The van der Waals surface area contributed by atoms with Crippen molar-refractivity contribution in [1.82, 2.24) is 0 Å². The van der Waals surface area contributed by atoms with Crippen molar-refractivity contribution in [2.24, 2.45) is 0 Å². The van der Waals surface area contributed by atoms with Gasteiger partial charge in [-0.2, -0.15) is 0 Å². The Balaban J connectivity index is 0. The van der Waals surface area contributed by atoms with E-state index in [2.05, 4.69) is 0 Å². The van der Waals surface area contributed by atoms with Crippen molar-refractivity contribution in [3.8, 4) is 0 Å². The van der Waals surface area contributed by atoms with E-state index < -0.39 is 0 Å². The first-order valence-electron chi connectivity index (χ1n) is 0. The van der Waals surface area contributed by atoms with Crippen LogP contribution in [0.2, 0.25) is 0 Å². The van der Waals surface area contributed by atoms with Crippen LogP contribution in [0, 0.1) is 35.6 Å². The Kier molecular flexibility index (Phi) is 144. The minimum atomic E-state index is 0. The molecular formula is H2LaSrTiYZr. The SMILES string of the molecule is [La].[SrH2].[Ti].[Y].[Zr]. The first kappa shape index (κ1) is 31.6. The number of hydrogen-bond donors (Lipinski definition) is 0. The summed E-state index contributed by atoms with van der Waals surface area (Å²) < 4.78 is 0. The summed E-state index contributed by atoms with van der Waals surface area (Å²) in [6, 6.07) is 0. The monoisotopic (exact) mass is 456 g/mol. The van der Waals surface area contributed by atoms with Gasteiger partial charge in [-0.05, 0) is 0 Å². The minimum absolute atomic E-state index is 0. The Bertz CT molecular complexity index is 11.6. The van der Waals surface area contributed by atoms with E-state index >= 15 is 0 Å². The topological polar surface area (TPSA) is 0 Å². The molecule has 0 aliphatic heterocycles. The van der Waals surface area contributed by atoms with E-state index in [-0.39, 0.29) is 162 Å². The first-order valence-corrected chi connectivity index (χ1v) is 0. The molecule has 0 spiro atoms. The number of hydrogen-bond acceptors (Lipinski definition) is 0. The number of rotatable bonds is 0. The predicted octanol–water partition coefficient (Wildman–Crippen LogP) is -0.924. The van der Waals surface area contributed by atoms with Crippen molar-refractivity contribution in [1.29, 1.82) is 0 Å². The van der Waals surface area contributed by atoms with Gasteiger partial charge in [0.15, 0.2) is 0 Å². The molecule has 0 heterocycles. The van der Waals surface area contributed by atoms with Gasteiger partial charge in [-0.15, -0.1) is 0 Å². The van der Waals surface area contributed by atoms with Crippen LogP contribution < -0.4 is 0 Å². The molecule has 0 N–H and O–H groups in total. The molecule has 0 aromatic rings. The van der Waals surface area contributed by atoms with E-state index in [1.54, 1.807) is 0 Å². The van der Waals surface area contributed by atoms with E-state index in [4.69, 9.17) is 0 Å². The molecule has 0 fully saturated rings. The van der Waals surface area contributed by atoms with Gasteiger partial charge in [0.1, 0.15) is 0 Å². The molecule has 18 valence electrons. The van der Waals surface area contributed by atoms with Crippen molar-refractivity contribution in [3.63, 3.8) is 0 Å². The fourth-order valence-electron chi connectivity index (χ4n) is 0. The molecule has 5 heavy (non-hydrogen) atoms. The van der Waals surface area contributed by atoms with Crippen molar-refractivity contribution in [2.45, 2.75) is 0 Å². The van der Waals surface area contributed by atoms with Gasteiger partial charge >= 0.3 is 45.5 Å². The van der Waals surface area contributed by atoms with Gasteiger partial charge in [-0.3, -0.25) is 0 Å². The third-order valence-corrected chi connectivity index (χ3v) is 0. The van der Waals surface area contributed by atoms with E-state index in [1.807, 2.05) is 0 Å². The van der Waals surface area contributed by atoms with Crippen LogP contribution in [0.4, 0.5) is 0 Å². The maximum atomic E-state index is 0. The molecule has 0 unspecified atom stereocenters. The molecule has 0 aliphatic rings. The van der Waals surface area contributed by atoms with Crippen molar-refractivity contribution in [3.05, 3.63) is 0 Å². The van der Waals surface area contributed by atoms with Gasteiger partial charge in [-0.25, -0.2) is 0 Å². The van der Waals surface area contributed by atoms with Crippen LogP contribution >= 0.6 is 0 Å². The van der Waals surface area contributed by atoms with Crippen LogP contribution in [0.3, 0.4) is 0 Å². The van der Waals surface area contributed by atoms with Crippen molar-refractivity contribution >= 4 is 45.5 Å². The average molecular weight is 457 g/mol. The van der Waals surface area contributed by atoms with Gasteiger partial charge in [0.25, 0.3) is 0 Å². The summed E-state index contributed by atoms with van der Waals surface area (Å²) in [5.74, 6) is 0. The Hall–Kier alpha value is 5.38. The second kappa shape index (κ2) is 22.8. The fourth-order valence-corrected chi connectivity index (χ4v) is 0. The van der Waals surface area contributed by atoms with Gasteiger partial charge in [0.05, 0.1) is 0 Å². The summed E-state index contributed by atoms with van der Waals surface area (Å²) in [7, 11) is 0. The Labute approximate surface area is 156 Å². The first-order chi connectivity index (χ1) is 0. The Morgan fingerprint density at radius 1 is 1.00 bits per heavy atom. The molecule has 0 aliphatic carbocycles. The summed E-state index contributed by atoms with van der Waals surface area (Å²) >= 11 is 0. The maximum absolute atomic E-state index is 0. The van der Waals surface area contributed by atoms with E-state index in [0.29, 0.717) is 0 Å². The summed E-state index contributed by atoms with van der Waals surface area (Å²) in [6.07, 6.45) is 0. The zero-order valence-electron chi connectivity index (χ0n) is 2.15. The fraction of sp³-hybridized carbons (Fsp3) is 0. The Morgan fingerprint density at radius 2 is 1.00 bits per heavy atom. The van der Waals surface area contributed by atoms with Crippen molar-refractivity contribution < 1.29 is 116 Å². The van der Waals surface area contributed by atoms with Crippen LogP contribution in [0.25, 0.3) is 0 Å². The third-order valence-electron chi connectivity index (χ3n) is 0. The zero-order chi connectivity index (χ0) is 0. The second-order valence-electron chi connectivity index (χ2n) is 0. The molecule has 0 atom stereocenters.